The Hall–Kier alpha value is -2.74. The lowest BCUT2D eigenvalue weighted by Crippen LogP contribution is -2.47. The van der Waals surface area contributed by atoms with Gasteiger partial charge < -0.3 is 20.3 Å². The average Bonchev–Trinajstić information content (AvgIpc) is 3.47. The molecule has 1 unspecified atom stereocenters. The minimum atomic E-state index is 0.234. The minimum Gasteiger partial charge on any atom is -0.395 e. The number of piperazine rings is 1. The Morgan fingerprint density at radius 2 is 2.03 bits per heavy atom. The van der Waals surface area contributed by atoms with Gasteiger partial charge in [-0.3, -0.25) is 9.89 Å². The number of amidine groups is 1. The molecule has 2 aliphatic heterocycles. The van der Waals surface area contributed by atoms with Crippen LogP contribution in [-0.2, 0) is 0 Å². The van der Waals surface area contributed by atoms with Crippen LogP contribution in [-0.4, -0.2) is 71.3 Å². The molecule has 3 aromatic rings. The lowest BCUT2D eigenvalue weighted by Gasteiger charge is -2.36. The van der Waals surface area contributed by atoms with Crippen LogP contribution in [0.25, 0.3) is 17.0 Å². The van der Waals surface area contributed by atoms with Crippen LogP contribution < -0.4 is 10.2 Å². The molecule has 166 valence electrons. The number of anilines is 2. The summed E-state index contributed by atoms with van der Waals surface area (Å²) in [5.41, 5.74) is 4.69. The van der Waals surface area contributed by atoms with Crippen molar-refractivity contribution < 1.29 is 5.11 Å². The van der Waals surface area contributed by atoms with E-state index in [1.54, 1.807) is 11.8 Å². The Labute approximate surface area is 193 Å². The molecule has 1 fully saturated rings. The van der Waals surface area contributed by atoms with E-state index in [9.17, 15) is 0 Å². The molecular formula is C25H29N5OS. The molecule has 5 rings (SSSR count). The number of hydrogen-bond acceptors (Lipinski definition) is 6. The zero-order chi connectivity index (χ0) is 21.8. The lowest BCUT2D eigenvalue weighted by molar-refractivity contribution is 0.189. The van der Waals surface area contributed by atoms with Crippen molar-refractivity contribution in [1.29, 1.82) is 0 Å². The fourth-order valence-corrected chi connectivity index (χ4v) is 5.15. The molecule has 1 saturated heterocycles. The fourth-order valence-electron chi connectivity index (χ4n) is 4.23. The number of benzene rings is 2. The van der Waals surface area contributed by atoms with Gasteiger partial charge in [-0.05, 0) is 47.3 Å². The van der Waals surface area contributed by atoms with E-state index in [1.807, 2.05) is 6.20 Å². The molecular weight excluding hydrogens is 418 g/mol. The summed E-state index contributed by atoms with van der Waals surface area (Å²) in [5, 5.41) is 15.2. The number of aromatic nitrogens is 1. The standard InChI is InChI=1S/C25H29N5OS/c31-15-14-29-10-12-30(13-11-29)22-3-1-2-21(17-22)28-25-27-18-23(32-25)6-4-19-5-7-24-20(16-19)8-9-26-24/h1-9,16-17,23,26,31H,10-15,18H2,(H,27,28). The van der Waals surface area contributed by atoms with Crippen LogP contribution in [0.4, 0.5) is 11.4 Å². The summed E-state index contributed by atoms with van der Waals surface area (Å²) in [4.78, 5) is 12.7. The topological polar surface area (TPSA) is 66.9 Å². The molecule has 2 aromatic carbocycles. The first-order valence-electron chi connectivity index (χ1n) is 11.2. The first-order valence-corrected chi connectivity index (χ1v) is 12.1. The fraction of sp³-hybridized carbons (Fsp3) is 0.320. The number of β-amino-alcohol motifs (C(OH)–C–C–N with tert-alkyl or cyclic N) is 1. The van der Waals surface area contributed by atoms with Crippen molar-refractivity contribution >= 4 is 45.3 Å². The summed E-state index contributed by atoms with van der Waals surface area (Å²) >= 11 is 1.78. The monoisotopic (exact) mass is 447 g/mol. The van der Waals surface area contributed by atoms with Gasteiger partial charge in [0, 0.05) is 55.8 Å². The third-order valence-corrected chi connectivity index (χ3v) is 7.07. The molecule has 0 amide bonds. The van der Waals surface area contributed by atoms with E-state index in [0.717, 1.165) is 50.1 Å². The van der Waals surface area contributed by atoms with E-state index >= 15 is 0 Å². The Bertz CT molecular complexity index is 1120. The van der Waals surface area contributed by atoms with Crippen molar-refractivity contribution in [2.45, 2.75) is 5.25 Å². The highest BCUT2D eigenvalue weighted by molar-refractivity contribution is 8.15. The largest absolute Gasteiger partial charge is 0.395 e. The highest BCUT2D eigenvalue weighted by atomic mass is 32.2. The van der Waals surface area contributed by atoms with E-state index in [1.165, 1.54) is 22.2 Å². The summed E-state index contributed by atoms with van der Waals surface area (Å²) in [5.74, 6) is 0. The predicted molar refractivity (Wildman–Crippen MR) is 137 cm³/mol. The van der Waals surface area contributed by atoms with Crippen molar-refractivity contribution in [2.75, 3.05) is 56.1 Å². The number of nitrogens with zero attached hydrogens (tertiary/aromatic N) is 3. The van der Waals surface area contributed by atoms with E-state index < -0.39 is 0 Å². The van der Waals surface area contributed by atoms with Gasteiger partial charge in [0.2, 0.25) is 0 Å². The van der Waals surface area contributed by atoms with Crippen molar-refractivity contribution in [3.8, 4) is 0 Å². The first kappa shape index (κ1) is 21.1. The maximum absolute atomic E-state index is 9.13. The zero-order valence-electron chi connectivity index (χ0n) is 18.1. The van der Waals surface area contributed by atoms with Crippen LogP contribution in [0.3, 0.4) is 0 Å². The van der Waals surface area contributed by atoms with Gasteiger partial charge in [0.1, 0.15) is 0 Å². The van der Waals surface area contributed by atoms with Gasteiger partial charge in [0.15, 0.2) is 5.17 Å². The van der Waals surface area contributed by atoms with Gasteiger partial charge >= 0.3 is 0 Å². The number of aliphatic hydroxyl groups excluding tert-OH is 1. The maximum atomic E-state index is 9.13. The molecule has 6 nitrogen and oxygen atoms in total. The van der Waals surface area contributed by atoms with E-state index in [0.29, 0.717) is 5.25 Å². The first-order chi connectivity index (χ1) is 15.8. The third-order valence-electron chi connectivity index (χ3n) is 6.01. The van der Waals surface area contributed by atoms with Crippen LogP contribution >= 0.6 is 11.8 Å². The molecule has 7 heteroatoms. The van der Waals surface area contributed by atoms with Gasteiger partial charge in [0.05, 0.1) is 18.4 Å². The van der Waals surface area contributed by atoms with Crippen molar-refractivity contribution in [1.82, 2.24) is 9.88 Å². The van der Waals surface area contributed by atoms with Crippen LogP contribution in [0.5, 0.6) is 0 Å². The van der Waals surface area contributed by atoms with E-state index in [4.69, 9.17) is 10.1 Å². The second kappa shape index (κ2) is 9.81. The second-order valence-corrected chi connectivity index (χ2v) is 9.44. The third kappa shape index (κ3) is 5.01. The Kier molecular flexibility index (Phi) is 6.48. The highest BCUT2D eigenvalue weighted by Gasteiger charge is 2.19. The number of fused-ring (bicyclic) bond motifs is 1. The number of rotatable bonds is 6. The van der Waals surface area contributed by atoms with E-state index in [2.05, 4.69) is 80.8 Å². The molecule has 0 spiro atoms. The number of aliphatic imine (C=N–C) groups is 1. The Morgan fingerprint density at radius 3 is 2.91 bits per heavy atom. The molecule has 0 saturated carbocycles. The van der Waals surface area contributed by atoms with Crippen molar-refractivity contribution in [2.24, 2.45) is 4.99 Å². The summed E-state index contributed by atoms with van der Waals surface area (Å²) in [6.07, 6.45) is 6.42. The average molecular weight is 448 g/mol. The Morgan fingerprint density at radius 1 is 1.12 bits per heavy atom. The molecule has 0 radical (unpaired) electrons. The quantitative estimate of drug-likeness (QED) is 0.535. The van der Waals surface area contributed by atoms with E-state index in [-0.39, 0.29) is 6.61 Å². The normalized spacial score (nSPS) is 19.7. The molecule has 1 atom stereocenters. The molecule has 0 bridgehead atoms. The number of H-pyrrole nitrogens is 1. The zero-order valence-corrected chi connectivity index (χ0v) is 18.9. The van der Waals surface area contributed by atoms with Gasteiger partial charge in [-0.2, -0.15) is 0 Å². The van der Waals surface area contributed by atoms with Gasteiger partial charge in [-0.25, -0.2) is 0 Å². The second-order valence-electron chi connectivity index (χ2n) is 8.21. The van der Waals surface area contributed by atoms with Crippen LogP contribution in [0, 0.1) is 0 Å². The minimum absolute atomic E-state index is 0.234. The molecule has 3 N–H and O–H groups in total. The maximum Gasteiger partial charge on any atom is 0.161 e. The van der Waals surface area contributed by atoms with Crippen molar-refractivity contribution in [3.63, 3.8) is 0 Å². The summed E-state index contributed by atoms with van der Waals surface area (Å²) < 4.78 is 0. The van der Waals surface area contributed by atoms with Crippen molar-refractivity contribution in [3.05, 3.63) is 66.4 Å². The SMILES string of the molecule is OCCN1CCN(c2cccc(NC3=NCC(C=Cc4ccc5[nH]ccc5c4)S3)c2)CC1. The number of aromatic amines is 1. The molecule has 0 aliphatic carbocycles. The van der Waals surface area contributed by atoms with Gasteiger partial charge in [0.25, 0.3) is 0 Å². The van der Waals surface area contributed by atoms with Crippen LogP contribution in [0.15, 0.2) is 65.8 Å². The Balaban J connectivity index is 1.15. The molecule has 1 aromatic heterocycles. The van der Waals surface area contributed by atoms with Crippen LogP contribution in [0.2, 0.25) is 0 Å². The van der Waals surface area contributed by atoms with Gasteiger partial charge in [-0.15, -0.1) is 0 Å². The highest BCUT2D eigenvalue weighted by Crippen LogP contribution is 2.27. The number of aliphatic hydroxyl groups is 1. The molecule has 32 heavy (non-hydrogen) atoms. The van der Waals surface area contributed by atoms with Crippen LogP contribution in [0.1, 0.15) is 5.56 Å². The number of hydrogen-bond donors (Lipinski definition) is 3. The summed E-state index contributed by atoms with van der Waals surface area (Å²) in [7, 11) is 0. The molecule has 3 heterocycles. The summed E-state index contributed by atoms with van der Waals surface area (Å²) in [6, 6.07) is 17.2. The number of thioether (sulfide) groups is 1. The number of nitrogens with one attached hydrogen (secondary N) is 2. The predicted octanol–water partition coefficient (Wildman–Crippen LogP) is 3.88. The van der Waals surface area contributed by atoms with Gasteiger partial charge in [-0.1, -0.05) is 36.0 Å². The summed E-state index contributed by atoms with van der Waals surface area (Å²) in [6.45, 7) is 5.75. The molecule has 2 aliphatic rings. The smallest absolute Gasteiger partial charge is 0.161 e. The lowest BCUT2D eigenvalue weighted by atomic mass is 10.1.